The molecule has 1 atom stereocenters. The average Bonchev–Trinajstić information content (AvgIpc) is 1.92. The molecule has 0 amide bonds. The predicted molar refractivity (Wildman–Crippen MR) is 48.2 cm³/mol. The summed E-state index contributed by atoms with van der Waals surface area (Å²) < 4.78 is 13.7. The first kappa shape index (κ1) is 9.23. The lowest BCUT2D eigenvalue weighted by Crippen LogP contribution is -2.37. The number of allylic oxidation sites excluding steroid dienone is 2. The Labute approximate surface area is 72.4 Å². The quantitative estimate of drug-likeness (QED) is 0.580. The third-order valence-corrected chi connectivity index (χ3v) is 2.06. The van der Waals surface area contributed by atoms with Gasteiger partial charge >= 0.3 is 0 Å². The van der Waals surface area contributed by atoms with Crippen molar-refractivity contribution in [1.82, 2.24) is 5.32 Å². The highest BCUT2D eigenvalue weighted by atomic mass is 19.1. The smallest absolute Gasteiger partial charge is 0.147 e. The third kappa shape index (κ3) is 2.06. The van der Waals surface area contributed by atoms with Gasteiger partial charge in [-0.15, -0.1) is 0 Å². The Balaban J connectivity index is 2.79. The van der Waals surface area contributed by atoms with Gasteiger partial charge in [-0.05, 0) is 32.8 Å². The molecule has 1 fully saturated rings. The minimum absolute atomic E-state index is 0.392. The summed E-state index contributed by atoms with van der Waals surface area (Å²) in [4.78, 5) is 0. The van der Waals surface area contributed by atoms with Crippen LogP contribution in [0.2, 0.25) is 0 Å². The molecule has 68 valence electrons. The molecule has 0 aromatic carbocycles. The van der Waals surface area contributed by atoms with Crippen molar-refractivity contribution < 1.29 is 4.39 Å². The molecule has 0 saturated carbocycles. The molecule has 2 nitrogen and oxygen atoms in total. The molecular formula is C9H15FN2. The first-order valence-electron chi connectivity index (χ1n) is 4.22. The van der Waals surface area contributed by atoms with Gasteiger partial charge in [0.25, 0.3) is 0 Å². The van der Waals surface area contributed by atoms with Crippen LogP contribution in [0.1, 0.15) is 26.7 Å². The molecule has 0 radical (unpaired) electrons. The molecule has 1 unspecified atom stereocenters. The van der Waals surface area contributed by atoms with Crippen LogP contribution >= 0.6 is 0 Å². The van der Waals surface area contributed by atoms with Crippen LogP contribution in [-0.2, 0) is 0 Å². The zero-order chi connectivity index (χ0) is 9.19. The van der Waals surface area contributed by atoms with Gasteiger partial charge in [0, 0.05) is 12.3 Å². The third-order valence-electron chi connectivity index (χ3n) is 2.06. The van der Waals surface area contributed by atoms with Crippen molar-refractivity contribution in [2.75, 3.05) is 6.54 Å². The van der Waals surface area contributed by atoms with Gasteiger partial charge in [0.1, 0.15) is 5.67 Å². The topological polar surface area (TPSA) is 35.9 Å². The number of hydrogen-bond donors (Lipinski definition) is 2. The number of nitrogens with one attached hydrogen (secondary N) is 2. The van der Waals surface area contributed by atoms with Crippen molar-refractivity contribution in [2.45, 2.75) is 32.4 Å². The Kier molecular flexibility index (Phi) is 2.50. The van der Waals surface area contributed by atoms with Gasteiger partial charge in [0.2, 0.25) is 0 Å². The van der Waals surface area contributed by atoms with Crippen molar-refractivity contribution in [3.63, 3.8) is 0 Å². The highest BCUT2D eigenvalue weighted by Gasteiger charge is 2.30. The number of halogens is 1. The number of piperidine rings is 1. The second-order valence-corrected chi connectivity index (χ2v) is 3.47. The van der Waals surface area contributed by atoms with E-state index in [4.69, 9.17) is 5.41 Å². The van der Waals surface area contributed by atoms with Gasteiger partial charge in [-0.3, -0.25) is 0 Å². The zero-order valence-corrected chi connectivity index (χ0v) is 7.58. The van der Waals surface area contributed by atoms with Crippen LogP contribution in [0, 0.1) is 5.41 Å². The molecule has 1 aliphatic heterocycles. The van der Waals surface area contributed by atoms with Crippen LogP contribution in [-0.4, -0.2) is 17.9 Å². The fourth-order valence-corrected chi connectivity index (χ4v) is 1.38. The summed E-state index contributed by atoms with van der Waals surface area (Å²) in [7, 11) is 0. The van der Waals surface area contributed by atoms with Crippen LogP contribution < -0.4 is 5.32 Å². The Morgan fingerprint density at radius 3 is 2.92 bits per heavy atom. The molecule has 0 bridgehead atoms. The molecule has 1 aliphatic rings. The molecule has 0 aliphatic carbocycles. The molecule has 1 heterocycles. The van der Waals surface area contributed by atoms with E-state index >= 15 is 0 Å². The average molecular weight is 170 g/mol. The lowest BCUT2D eigenvalue weighted by molar-refractivity contribution is 0.188. The van der Waals surface area contributed by atoms with Crippen LogP contribution in [0.25, 0.3) is 0 Å². The molecule has 12 heavy (non-hydrogen) atoms. The number of hydrogen-bond acceptors (Lipinski definition) is 2. The number of rotatable bonds is 1. The fraction of sp³-hybridized carbons (Fsp3) is 0.667. The zero-order valence-electron chi connectivity index (χ0n) is 7.58. The summed E-state index contributed by atoms with van der Waals surface area (Å²) in [5.74, 6) is 0. The fourth-order valence-electron chi connectivity index (χ4n) is 1.38. The van der Waals surface area contributed by atoms with Crippen LogP contribution in [0.3, 0.4) is 0 Å². The van der Waals surface area contributed by atoms with E-state index in [1.54, 1.807) is 19.9 Å². The van der Waals surface area contributed by atoms with Crippen molar-refractivity contribution in [1.29, 1.82) is 5.41 Å². The van der Waals surface area contributed by atoms with Gasteiger partial charge in [-0.25, -0.2) is 4.39 Å². The van der Waals surface area contributed by atoms with Gasteiger partial charge in [-0.1, -0.05) is 0 Å². The maximum atomic E-state index is 13.7. The molecule has 2 N–H and O–H groups in total. The molecule has 1 saturated heterocycles. The first-order chi connectivity index (χ1) is 5.52. The molecule has 3 heteroatoms. The lowest BCUT2D eigenvalue weighted by Gasteiger charge is -2.30. The highest BCUT2D eigenvalue weighted by molar-refractivity contribution is 5.90. The van der Waals surface area contributed by atoms with Crippen LogP contribution in [0.4, 0.5) is 4.39 Å². The Morgan fingerprint density at radius 1 is 1.75 bits per heavy atom. The number of alkyl halides is 1. The van der Waals surface area contributed by atoms with Crippen molar-refractivity contribution in [2.24, 2.45) is 0 Å². The first-order valence-corrected chi connectivity index (χ1v) is 4.22. The van der Waals surface area contributed by atoms with E-state index in [2.05, 4.69) is 5.32 Å². The van der Waals surface area contributed by atoms with E-state index in [1.165, 1.54) is 0 Å². The monoisotopic (exact) mass is 170 g/mol. The van der Waals surface area contributed by atoms with E-state index in [1.807, 2.05) is 0 Å². The van der Waals surface area contributed by atoms with E-state index < -0.39 is 5.67 Å². The van der Waals surface area contributed by atoms with Gasteiger partial charge in [-0.2, -0.15) is 0 Å². The van der Waals surface area contributed by atoms with Gasteiger partial charge in [0.05, 0.1) is 5.70 Å². The summed E-state index contributed by atoms with van der Waals surface area (Å²) in [6, 6.07) is 0. The summed E-state index contributed by atoms with van der Waals surface area (Å²) >= 11 is 0. The molecular weight excluding hydrogens is 155 g/mol. The van der Waals surface area contributed by atoms with Crippen LogP contribution in [0.15, 0.2) is 11.8 Å². The molecule has 0 spiro atoms. The standard InChI is InChI=1S/C9H15FN2/c1-7(11)6-8-9(2,10)4-3-5-12-8/h6,11-12H,3-5H2,1-2H3/b8-6-,11-7?. The van der Waals surface area contributed by atoms with E-state index in [9.17, 15) is 4.39 Å². The maximum Gasteiger partial charge on any atom is 0.147 e. The van der Waals surface area contributed by atoms with Crippen molar-refractivity contribution in [3.8, 4) is 0 Å². The van der Waals surface area contributed by atoms with Crippen molar-refractivity contribution >= 4 is 5.71 Å². The maximum absolute atomic E-state index is 13.7. The van der Waals surface area contributed by atoms with E-state index in [0.29, 0.717) is 17.8 Å². The second-order valence-electron chi connectivity index (χ2n) is 3.47. The SMILES string of the molecule is CC(=N)/C=C1\NCCCC1(C)F. The summed E-state index contributed by atoms with van der Waals surface area (Å²) in [5, 5.41) is 10.2. The summed E-state index contributed by atoms with van der Waals surface area (Å²) in [5.41, 5.74) is -0.315. The normalized spacial score (nSPS) is 33.1. The van der Waals surface area contributed by atoms with Gasteiger partial charge < -0.3 is 10.7 Å². The van der Waals surface area contributed by atoms with Crippen LogP contribution in [0.5, 0.6) is 0 Å². The molecule has 0 aromatic rings. The minimum atomic E-state index is -1.26. The Hall–Kier alpha value is -0.860. The van der Waals surface area contributed by atoms with Crippen molar-refractivity contribution in [3.05, 3.63) is 11.8 Å². The molecule has 0 aromatic heterocycles. The largest absolute Gasteiger partial charge is 0.386 e. The summed E-state index contributed by atoms with van der Waals surface area (Å²) in [6.45, 7) is 4.03. The molecule has 1 rings (SSSR count). The Morgan fingerprint density at radius 2 is 2.42 bits per heavy atom. The minimum Gasteiger partial charge on any atom is -0.386 e. The van der Waals surface area contributed by atoms with E-state index in [0.717, 1.165) is 13.0 Å². The summed E-state index contributed by atoms with van der Waals surface area (Å²) in [6.07, 6.45) is 2.99. The lowest BCUT2D eigenvalue weighted by atomic mass is 9.93. The highest BCUT2D eigenvalue weighted by Crippen LogP contribution is 2.28. The van der Waals surface area contributed by atoms with Gasteiger partial charge in [0.15, 0.2) is 0 Å². The second kappa shape index (κ2) is 3.25. The van der Waals surface area contributed by atoms with E-state index in [-0.39, 0.29) is 0 Å². The Bertz CT molecular complexity index is 219. The predicted octanol–water partition coefficient (Wildman–Crippen LogP) is 2.02.